The Labute approximate surface area is 236 Å². The summed E-state index contributed by atoms with van der Waals surface area (Å²) < 4.78 is 68.6. The minimum atomic E-state index is -5.83. The van der Waals surface area contributed by atoms with E-state index in [9.17, 15) is 26.7 Å². The summed E-state index contributed by atoms with van der Waals surface area (Å²) in [4.78, 5) is 23.4. The van der Waals surface area contributed by atoms with E-state index in [0.29, 0.717) is 30.1 Å². The molecule has 41 heavy (non-hydrogen) atoms. The molecule has 0 unspecified atom stereocenters. The van der Waals surface area contributed by atoms with Gasteiger partial charge in [0, 0.05) is 11.3 Å². The van der Waals surface area contributed by atoms with Crippen molar-refractivity contribution in [1.29, 1.82) is 0 Å². The van der Waals surface area contributed by atoms with Crippen molar-refractivity contribution in [1.82, 2.24) is 14.8 Å². The van der Waals surface area contributed by atoms with Crippen molar-refractivity contribution in [2.45, 2.75) is 44.9 Å². The van der Waals surface area contributed by atoms with E-state index in [4.69, 9.17) is 0 Å². The molecule has 0 atom stereocenters. The molecule has 0 saturated carbocycles. The minimum Gasteiger partial charge on any atom is -0.426 e. The number of para-hydroxylation sites is 1. The summed E-state index contributed by atoms with van der Waals surface area (Å²) in [6.07, 6.45) is -4.85. The summed E-state index contributed by atoms with van der Waals surface area (Å²) >= 11 is 1.44. The van der Waals surface area contributed by atoms with Crippen LogP contribution in [0.2, 0.25) is 0 Å². The first kappa shape index (κ1) is 28.5. The molecule has 3 aromatic rings. The highest BCUT2D eigenvalue weighted by Gasteiger charge is 2.61. The Morgan fingerprint density at radius 2 is 1.78 bits per heavy atom. The van der Waals surface area contributed by atoms with Gasteiger partial charge in [0.1, 0.15) is 17.1 Å². The number of amides is 1. The standard InChI is InChI=1S/C28H24F5N5O2S/c1-17(2)22-5-3-4-6-23(22)38-24(39)15-41-25(38)14-34-19-8-7-18(13-19)26-35-16-37(36-26)20-9-11-21(12-10-20)40-28(32,33)27(29,30)31/h3-6,9-14,16-17H,7-8,15H2,1-2H3/b25-14-,34-19?. The fraction of sp³-hybridized carbons (Fsp3) is 0.286. The number of carbonyl (C=O) groups excluding carboxylic acids is 1. The number of benzene rings is 2. The maximum atomic E-state index is 13.1. The van der Waals surface area contributed by atoms with Gasteiger partial charge < -0.3 is 4.74 Å². The number of halogens is 5. The first-order chi connectivity index (χ1) is 19.4. The molecule has 0 N–H and O–H groups in total. The predicted octanol–water partition coefficient (Wildman–Crippen LogP) is 7.12. The number of hydrogen-bond acceptors (Lipinski definition) is 6. The lowest BCUT2D eigenvalue weighted by atomic mass is 10.0. The average Bonchev–Trinajstić information content (AvgIpc) is 3.67. The van der Waals surface area contributed by atoms with Gasteiger partial charge in [0.05, 0.1) is 23.3 Å². The molecule has 13 heteroatoms. The van der Waals surface area contributed by atoms with Crippen LogP contribution < -0.4 is 9.64 Å². The quantitative estimate of drug-likeness (QED) is 0.275. The van der Waals surface area contributed by atoms with Crippen LogP contribution in [0.1, 0.15) is 44.0 Å². The van der Waals surface area contributed by atoms with Crippen LogP contribution in [-0.4, -0.2) is 44.4 Å². The van der Waals surface area contributed by atoms with Crippen molar-refractivity contribution in [2.24, 2.45) is 4.99 Å². The Hall–Kier alpha value is -4.00. The summed E-state index contributed by atoms with van der Waals surface area (Å²) in [7, 11) is 0. The van der Waals surface area contributed by atoms with Crippen LogP contribution in [0.4, 0.5) is 27.6 Å². The topological polar surface area (TPSA) is 72.6 Å². The number of aromatic nitrogens is 3. The lowest BCUT2D eigenvalue weighted by Gasteiger charge is -2.22. The molecule has 5 rings (SSSR count). The predicted molar refractivity (Wildman–Crippen MR) is 146 cm³/mol. The second-order valence-electron chi connectivity index (χ2n) is 9.61. The molecule has 1 saturated heterocycles. The molecule has 1 aromatic heterocycles. The number of rotatable bonds is 7. The van der Waals surface area contributed by atoms with Gasteiger partial charge in [-0.1, -0.05) is 43.8 Å². The largest absolute Gasteiger partial charge is 0.499 e. The zero-order valence-corrected chi connectivity index (χ0v) is 22.7. The van der Waals surface area contributed by atoms with Crippen molar-refractivity contribution >= 4 is 34.6 Å². The van der Waals surface area contributed by atoms with Crippen LogP contribution in [0.25, 0.3) is 11.3 Å². The van der Waals surface area contributed by atoms with Gasteiger partial charge in [0.15, 0.2) is 5.82 Å². The monoisotopic (exact) mass is 589 g/mol. The van der Waals surface area contributed by atoms with E-state index in [0.717, 1.165) is 39.7 Å². The lowest BCUT2D eigenvalue weighted by Crippen LogP contribution is -2.41. The maximum Gasteiger partial charge on any atom is 0.499 e. The molecule has 1 fully saturated rings. The lowest BCUT2D eigenvalue weighted by molar-refractivity contribution is -0.360. The van der Waals surface area contributed by atoms with Crippen molar-refractivity contribution in [3.8, 4) is 11.4 Å². The van der Waals surface area contributed by atoms with Gasteiger partial charge >= 0.3 is 12.3 Å². The van der Waals surface area contributed by atoms with E-state index in [1.54, 1.807) is 11.1 Å². The summed E-state index contributed by atoms with van der Waals surface area (Å²) in [5.41, 5.74) is 3.96. The molecule has 0 spiro atoms. The second-order valence-corrected chi connectivity index (χ2v) is 10.6. The molecule has 2 aliphatic rings. The number of alkyl halides is 5. The highest BCUT2D eigenvalue weighted by Crippen LogP contribution is 2.39. The summed E-state index contributed by atoms with van der Waals surface area (Å²) in [5, 5.41) is 5.16. The van der Waals surface area contributed by atoms with E-state index in [1.807, 2.05) is 30.3 Å². The van der Waals surface area contributed by atoms with Gasteiger partial charge in [-0.15, -0.1) is 5.10 Å². The number of nitrogens with zero attached hydrogens (tertiary/aromatic N) is 5. The van der Waals surface area contributed by atoms with Gasteiger partial charge in [-0.3, -0.25) is 14.7 Å². The van der Waals surface area contributed by atoms with E-state index in [2.05, 4.69) is 33.7 Å². The zero-order valence-electron chi connectivity index (χ0n) is 21.9. The van der Waals surface area contributed by atoms with E-state index < -0.39 is 18.0 Å². The molecule has 1 aliphatic heterocycles. The first-order valence-electron chi connectivity index (χ1n) is 12.6. The van der Waals surface area contributed by atoms with Crippen LogP contribution in [-0.2, 0) is 4.79 Å². The minimum absolute atomic E-state index is 0.000557. The van der Waals surface area contributed by atoms with E-state index in [-0.39, 0.29) is 11.8 Å². The Kier molecular flexibility index (Phi) is 7.73. The number of thioether (sulfide) groups is 1. The Morgan fingerprint density at radius 3 is 2.49 bits per heavy atom. The van der Waals surface area contributed by atoms with Gasteiger partial charge in [0.25, 0.3) is 0 Å². The number of carbonyl (C=O) groups is 1. The molecular formula is C28H24F5N5O2S. The molecule has 1 amide bonds. The summed E-state index contributed by atoms with van der Waals surface area (Å²) in [5.74, 6) is 0.377. The fourth-order valence-corrected chi connectivity index (χ4v) is 5.20. The van der Waals surface area contributed by atoms with Crippen molar-refractivity contribution in [3.63, 3.8) is 0 Å². The van der Waals surface area contributed by atoms with Crippen LogP contribution in [0.5, 0.6) is 5.75 Å². The number of hydrogen-bond donors (Lipinski definition) is 0. The number of ether oxygens (including phenoxy) is 1. The molecular weight excluding hydrogens is 565 g/mol. The van der Waals surface area contributed by atoms with Gasteiger partial charge in [-0.25, -0.2) is 9.67 Å². The van der Waals surface area contributed by atoms with Crippen LogP contribution in [0.3, 0.4) is 0 Å². The third-order valence-electron chi connectivity index (χ3n) is 6.40. The van der Waals surface area contributed by atoms with Gasteiger partial charge in [-0.05, 0) is 60.7 Å². The number of allylic oxidation sites excluding steroid dienone is 2. The highest BCUT2D eigenvalue weighted by molar-refractivity contribution is 8.04. The van der Waals surface area contributed by atoms with Crippen molar-refractivity contribution in [3.05, 3.63) is 83.6 Å². The van der Waals surface area contributed by atoms with Crippen LogP contribution in [0, 0.1) is 0 Å². The Morgan fingerprint density at radius 1 is 1.05 bits per heavy atom. The van der Waals surface area contributed by atoms with E-state index >= 15 is 0 Å². The highest BCUT2D eigenvalue weighted by atomic mass is 32.2. The smallest absolute Gasteiger partial charge is 0.426 e. The second kappa shape index (κ2) is 11.1. The van der Waals surface area contributed by atoms with Gasteiger partial charge in [0.2, 0.25) is 5.91 Å². The summed E-state index contributed by atoms with van der Waals surface area (Å²) in [6.45, 7) is 4.17. The van der Waals surface area contributed by atoms with Gasteiger partial charge in [-0.2, -0.15) is 22.0 Å². The molecule has 2 aromatic carbocycles. The molecule has 214 valence electrons. The number of anilines is 1. The molecule has 2 heterocycles. The third-order valence-corrected chi connectivity index (χ3v) is 7.38. The van der Waals surface area contributed by atoms with Crippen LogP contribution >= 0.6 is 11.8 Å². The van der Waals surface area contributed by atoms with Crippen LogP contribution in [0.15, 0.2) is 77.2 Å². The maximum absolute atomic E-state index is 13.1. The molecule has 7 nitrogen and oxygen atoms in total. The molecule has 0 radical (unpaired) electrons. The average molecular weight is 590 g/mol. The molecule has 1 aliphatic carbocycles. The Balaban J connectivity index is 1.30. The van der Waals surface area contributed by atoms with E-state index in [1.165, 1.54) is 34.9 Å². The zero-order chi connectivity index (χ0) is 29.4. The van der Waals surface area contributed by atoms with Crippen molar-refractivity contribution in [2.75, 3.05) is 10.7 Å². The summed E-state index contributed by atoms with van der Waals surface area (Å²) in [6, 6.07) is 12.4. The van der Waals surface area contributed by atoms with Crippen molar-refractivity contribution < 1.29 is 31.5 Å². The SMILES string of the molecule is CC(C)c1ccccc1N1C(=O)CS/C1=C\N=C1C=C(c2ncn(-c3ccc(OC(F)(F)C(F)(F)F)cc3)n2)CC1. The Bertz CT molecular complexity index is 1540. The normalized spacial score (nSPS) is 18.2. The third kappa shape index (κ3) is 6.04. The number of aliphatic imine (C=N–C) groups is 1. The first-order valence-corrected chi connectivity index (χ1v) is 13.6. The molecule has 0 bridgehead atoms. The fourth-order valence-electron chi connectivity index (χ4n) is 4.35.